The highest BCUT2D eigenvalue weighted by Crippen LogP contribution is 2.32. The number of aryl methyl sites for hydroxylation is 1. The average Bonchev–Trinajstić information content (AvgIpc) is 2.63. The molecule has 0 unspecified atom stereocenters. The van der Waals surface area contributed by atoms with Crippen LogP contribution in [0.2, 0.25) is 5.02 Å². The van der Waals surface area contributed by atoms with E-state index in [1.54, 1.807) is 4.68 Å². The van der Waals surface area contributed by atoms with Crippen LogP contribution >= 0.6 is 11.6 Å². The van der Waals surface area contributed by atoms with E-state index in [9.17, 15) is 0 Å². The molecular formula is C8H13ClN4. The van der Waals surface area contributed by atoms with Crippen molar-refractivity contribution in [2.45, 2.75) is 12.8 Å². The molecule has 0 radical (unpaired) electrons. The molecule has 2 heterocycles. The number of anilines is 2. The Balaban J connectivity index is 2.37. The van der Waals surface area contributed by atoms with Gasteiger partial charge >= 0.3 is 0 Å². The van der Waals surface area contributed by atoms with Crippen LogP contribution in [0.5, 0.6) is 0 Å². The lowest BCUT2D eigenvalue weighted by molar-refractivity contribution is 0.742. The maximum atomic E-state index is 6.04. The minimum absolute atomic E-state index is 0.422. The minimum atomic E-state index is 0.422. The van der Waals surface area contributed by atoms with Crippen molar-refractivity contribution >= 4 is 23.2 Å². The average molecular weight is 201 g/mol. The predicted molar refractivity (Wildman–Crippen MR) is 54.1 cm³/mol. The van der Waals surface area contributed by atoms with Gasteiger partial charge in [0.15, 0.2) is 5.82 Å². The maximum Gasteiger partial charge on any atom is 0.166 e. The number of nitrogen functional groups attached to an aromatic ring is 1. The van der Waals surface area contributed by atoms with Crippen molar-refractivity contribution in [1.82, 2.24) is 9.78 Å². The molecule has 2 rings (SSSR count). The number of nitrogens with two attached hydrogens (primary N) is 1. The fraction of sp³-hybridized carbons (Fsp3) is 0.625. The standard InChI is InChI=1S/C8H13ClN4/c1-12-8(6(9)7(10)11-12)13-4-2-3-5-13/h2-5H2,1H3,(H2,10,11). The van der Waals surface area contributed by atoms with Gasteiger partial charge in [-0.15, -0.1) is 0 Å². The van der Waals surface area contributed by atoms with Crippen LogP contribution in [0.4, 0.5) is 11.6 Å². The van der Waals surface area contributed by atoms with Gasteiger partial charge in [-0.25, -0.2) is 4.68 Å². The minimum Gasteiger partial charge on any atom is -0.381 e. The Bertz CT molecular complexity index is 314. The zero-order valence-corrected chi connectivity index (χ0v) is 8.38. The first kappa shape index (κ1) is 8.69. The highest BCUT2D eigenvalue weighted by molar-refractivity contribution is 6.35. The third-order valence-electron chi connectivity index (χ3n) is 2.39. The molecule has 0 amide bonds. The van der Waals surface area contributed by atoms with Crippen LogP contribution in [0.15, 0.2) is 0 Å². The Hall–Kier alpha value is -0.900. The Morgan fingerprint density at radius 3 is 2.46 bits per heavy atom. The first-order valence-electron chi connectivity index (χ1n) is 4.43. The van der Waals surface area contributed by atoms with Crippen molar-refractivity contribution < 1.29 is 0 Å². The molecule has 13 heavy (non-hydrogen) atoms. The summed E-state index contributed by atoms with van der Waals surface area (Å²) in [6.07, 6.45) is 2.45. The molecular weight excluding hydrogens is 188 g/mol. The van der Waals surface area contributed by atoms with Crippen LogP contribution in [0, 0.1) is 0 Å². The van der Waals surface area contributed by atoms with E-state index in [4.69, 9.17) is 17.3 Å². The van der Waals surface area contributed by atoms with Crippen LogP contribution < -0.4 is 10.6 Å². The summed E-state index contributed by atoms with van der Waals surface area (Å²) in [5.74, 6) is 1.38. The van der Waals surface area contributed by atoms with Crippen LogP contribution in [-0.4, -0.2) is 22.9 Å². The molecule has 5 heteroatoms. The van der Waals surface area contributed by atoms with Crippen molar-refractivity contribution in [3.05, 3.63) is 5.02 Å². The second-order valence-corrected chi connectivity index (χ2v) is 3.72. The Morgan fingerprint density at radius 2 is 2.00 bits per heavy atom. The van der Waals surface area contributed by atoms with E-state index >= 15 is 0 Å². The van der Waals surface area contributed by atoms with Crippen molar-refractivity contribution in [3.63, 3.8) is 0 Å². The van der Waals surface area contributed by atoms with E-state index in [1.807, 2.05) is 7.05 Å². The van der Waals surface area contributed by atoms with E-state index in [0.717, 1.165) is 18.9 Å². The van der Waals surface area contributed by atoms with Crippen molar-refractivity contribution in [3.8, 4) is 0 Å². The van der Waals surface area contributed by atoms with Gasteiger partial charge in [0.1, 0.15) is 10.8 Å². The van der Waals surface area contributed by atoms with Gasteiger partial charge in [0.2, 0.25) is 0 Å². The molecule has 0 spiro atoms. The molecule has 1 saturated heterocycles. The van der Waals surface area contributed by atoms with Gasteiger partial charge in [-0.1, -0.05) is 11.6 Å². The Kier molecular flexibility index (Phi) is 2.07. The lowest BCUT2D eigenvalue weighted by Crippen LogP contribution is -2.20. The summed E-state index contributed by atoms with van der Waals surface area (Å²) in [5, 5.41) is 4.66. The summed E-state index contributed by atoms with van der Waals surface area (Å²) in [6.45, 7) is 2.11. The molecule has 4 nitrogen and oxygen atoms in total. The summed E-state index contributed by atoms with van der Waals surface area (Å²) in [7, 11) is 1.87. The molecule has 1 aromatic rings. The highest BCUT2D eigenvalue weighted by Gasteiger charge is 2.20. The van der Waals surface area contributed by atoms with E-state index in [-0.39, 0.29) is 0 Å². The molecule has 0 aromatic carbocycles. The SMILES string of the molecule is Cn1nc(N)c(Cl)c1N1CCCC1. The normalized spacial score (nSPS) is 16.9. The molecule has 1 aliphatic heterocycles. The zero-order valence-electron chi connectivity index (χ0n) is 7.63. The molecule has 1 aromatic heterocycles. The number of hydrogen-bond donors (Lipinski definition) is 1. The lowest BCUT2D eigenvalue weighted by Gasteiger charge is -2.17. The van der Waals surface area contributed by atoms with Gasteiger partial charge in [-0.05, 0) is 12.8 Å². The van der Waals surface area contributed by atoms with Gasteiger partial charge < -0.3 is 10.6 Å². The third-order valence-corrected chi connectivity index (χ3v) is 2.75. The number of rotatable bonds is 1. The third kappa shape index (κ3) is 1.35. The van der Waals surface area contributed by atoms with Crippen molar-refractivity contribution in [1.29, 1.82) is 0 Å². The van der Waals surface area contributed by atoms with Gasteiger partial charge in [0.25, 0.3) is 0 Å². The maximum absolute atomic E-state index is 6.04. The summed E-state index contributed by atoms with van der Waals surface area (Å²) >= 11 is 6.04. The van der Waals surface area contributed by atoms with Gasteiger partial charge in [0.05, 0.1) is 0 Å². The molecule has 0 aliphatic carbocycles. The second kappa shape index (κ2) is 3.10. The summed E-state index contributed by atoms with van der Waals surface area (Å²) in [6, 6.07) is 0. The van der Waals surface area contributed by atoms with Crippen LogP contribution in [0.25, 0.3) is 0 Å². The molecule has 1 aliphatic rings. The summed E-state index contributed by atoms with van der Waals surface area (Å²) in [5.41, 5.74) is 5.62. The number of halogens is 1. The quantitative estimate of drug-likeness (QED) is 0.743. The lowest BCUT2D eigenvalue weighted by atomic mass is 10.4. The van der Waals surface area contributed by atoms with Gasteiger partial charge in [-0.2, -0.15) is 5.10 Å². The predicted octanol–water partition coefficient (Wildman–Crippen LogP) is 1.26. The number of nitrogens with zero attached hydrogens (tertiary/aromatic N) is 3. The topological polar surface area (TPSA) is 47.1 Å². The van der Waals surface area contributed by atoms with E-state index in [2.05, 4.69) is 10.00 Å². The number of hydrogen-bond acceptors (Lipinski definition) is 3. The summed E-state index contributed by atoms with van der Waals surface area (Å²) in [4.78, 5) is 2.23. The number of aromatic nitrogens is 2. The molecule has 0 bridgehead atoms. The Morgan fingerprint density at radius 1 is 1.38 bits per heavy atom. The monoisotopic (exact) mass is 200 g/mol. The van der Waals surface area contributed by atoms with E-state index in [1.165, 1.54) is 12.8 Å². The molecule has 2 N–H and O–H groups in total. The van der Waals surface area contributed by atoms with Crippen molar-refractivity contribution in [2.75, 3.05) is 23.7 Å². The fourth-order valence-electron chi connectivity index (χ4n) is 1.78. The van der Waals surface area contributed by atoms with Crippen molar-refractivity contribution in [2.24, 2.45) is 7.05 Å². The summed E-state index contributed by atoms with van der Waals surface area (Å²) < 4.78 is 1.75. The first-order chi connectivity index (χ1) is 6.20. The largest absolute Gasteiger partial charge is 0.381 e. The molecule has 0 saturated carbocycles. The van der Waals surface area contributed by atoms with Gasteiger partial charge in [-0.3, -0.25) is 0 Å². The fourth-order valence-corrected chi connectivity index (χ4v) is 2.06. The first-order valence-corrected chi connectivity index (χ1v) is 4.81. The van der Waals surface area contributed by atoms with Crippen LogP contribution in [-0.2, 0) is 7.05 Å². The highest BCUT2D eigenvalue weighted by atomic mass is 35.5. The zero-order chi connectivity index (χ0) is 9.42. The van der Waals surface area contributed by atoms with E-state index < -0.39 is 0 Å². The Labute approximate surface area is 82.3 Å². The van der Waals surface area contributed by atoms with Gasteiger partial charge in [0, 0.05) is 20.1 Å². The molecule has 72 valence electrons. The smallest absolute Gasteiger partial charge is 0.166 e. The second-order valence-electron chi connectivity index (χ2n) is 3.34. The molecule has 1 fully saturated rings. The van der Waals surface area contributed by atoms with E-state index in [0.29, 0.717) is 10.8 Å². The molecule has 0 atom stereocenters. The van der Waals surface area contributed by atoms with Crippen LogP contribution in [0.1, 0.15) is 12.8 Å². The van der Waals surface area contributed by atoms with Crippen LogP contribution in [0.3, 0.4) is 0 Å².